The van der Waals surface area contributed by atoms with E-state index >= 15 is 0 Å². The van der Waals surface area contributed by atoms with E-state index in [-0.39, 0.29) is 5.57 Å². The van der Waals surface area contributed by atoms with Crippen molar-refractivity contribution in [2.45, 2.75) is 0 Å². The molecule has 0 saturated heterocycles. The largest absolute Gasteiger partial charge is 0.457 e. The molecule has 2 rings (SSSR count). The van der Waals surface area contributed by atoms with Crippen LogP contribution in [0, 0.1) is 22.7 Å². The van der Waals surface area contributed by atoms with Gasteiger partial charge in [-0.15, -0.1) is 0 Å². The van der Waals surface area contributed by atoms with Gasteiger partial charge in [0.1, 0.15) is 29.2 Å². The lowest BCUT2D eigenvalue weighted by molar-refractivity contribution is 0.483. The second kappa shape index (κ2) is 6.63. The van der Waals surface area contributed by atoms with Crippen LogP contribution in [0.15, 0.2) is 66.4 Å². The Kier molecular flexibility index (Phi) is 4.37. The van der Waals surface area contributed by atoms with E-state index < -0.39 is 0 Å². The molecule has 0 unspecified atom stereocenters. The molecule has 4 heteroatoms. The van der Waals surface area contributed by atoms with Crippen molar-refractivity contribution >= 4 is 5.69 Å². The molecule has 0 aliphatic carbocycles. The number of rotatable bonds is 4. The number of nitrogens with zero attached hydrogens (tertiary/aromatic N) is 2. The molecular weight excluding hydrogens is 250 g/mol. The average Bonchev–Trinajstić information content (AvgIpc) is 2.50. The van der Waals surface area contributed by atoms with Crippen LogP contribution in [0.4, 0.5) is 5.69 Å². The third-order valence-electron chi connectivity index (χ3n) is 2.44. The van der Waals surface area contributed by atoms with E-state index in [1.54, 1.807) is 18.2 Å². The van der Waals surface area contributed by atoms with E-state index in [4.69, 9.17) is 15.3 Å². The number of nitrogens with one attached hydrogen (secondary N) is 1. The molecule has 2 aromatic rings. The Balaban J connectivity index is 2.11. The van der Waals surface area contributed by atoms with Gasteiger partial charge in [-0.25, -0.2) is 0 Å². The first-order chi connectivity index (χ1) is 9.81. The van der Waals surface area contributed by atoms with Crippen LogP contribution in [0.25, 0.3) is 0 Å². The highest BCUT2D eigenvalue weighted by Gasteiger charge is 1.98. The van der Waals surface area contributed by atoms with Crippen molar-refractivity contribution in [2.24, 2.45) is 0 Å². The maximum absolute atomic E-state index is 8.65. The molecule has 0 fully saturated rings. The average molecular weight is 261 g/mol. The van der Waals surface area contributed by atoms with Crippen molar-refractivity contribution in [3.05, 3.63) is 66.4 Å². The predicted molar refractivity (Wildman–Crippen MR) is 75.9 cm³/mol. The number of ether oxygens (including phenoxy) is 1. The minimum atomic E-state index is 0.0133. The van der Waals surface area contributed by atoms with Crippen LogP contribution in [0.2, 0.25) is 0 Å². The van der Waals surface area contributed by atoms with Crippen LogP contribution in [-0.4, -0.2) is 0 Å². The molecule has 1 N–H and O–H groups in total. The second-order valence-electron chi connectivity index (χ2n) is 3.87. The molecule has 0 aliphatic rings. The molecule has 20 heavy (non-hydrogen) atoms. The fourth-order valence-electron chi connectivity index (χ4n) is 1.52. The summed E-state index contributed by atoms with van der Waals surface area (Å²) in [4.78, 5) is 0. The van der Waals surface area contributed by atoms with Gasteiger partial charge in [-0.3, -0.25) is 0 Å². The summed E-state index contributed by atoms with van der Waals surface area (Å²) in [5, 5.41) is 20.2. The van der Waals surface area contributed by atoms with Gasteiger partial charge in [0.2, 0.25) is 0 Å². The molecule has 0 atom stereocenters. The molecule has 4 nitrogen and oxygen atoms in total. The summed E-state index contributed by atoms with van der Waals surface area (Å²) < 4.78 is 5.69. The summed E-state index contributed by atoms with van der Waals surface area (Å²) in [5.41, 5.74) is 0.751. The molecule has 0 aromatic heterocycles. The van der Waals surface area contributed by atoms with E-state index in [2.05, 4.69) is 5.32 Å². The fraction of sp³-hybridized carbons (Fsp3) is 0. The predicted octanol–water partition coefficient (Wildman–Crippen LogP) is 3.82. The van der Waals surface area contributed by atoms with Gasteiger partial charge in [-0.2, -0.15) is 10.5 Å². The standard InChI is InChI=1S/C16H11N3O/c17-10-13(11-18)12-19-14-5-4-8-16(9-14)20-15-6-2-1-3-7-15/h1-9,12,19H. The number of hydrogen-bond donors (Lipinski definition) is 1. The molecule has 0 saturated carbocycles. The number of benzene rings is 2. The Labute approximate surface area is 117 Å². The minimum absolute atomic E-state index is 0.0133. The van der Waals surface area contributed by atoms with Gasteiger partial charge in [0.25, 0.3) is 0 Å². The number of hydrogen-bond acceptors (Lipinski definition) is 4. The van der Waals surface area contributed by atoms with Crippen molar-refractivity contribution in [1.82, 2.24) is 0 Å². The smallest absolute Gasteiger partial charge is 0.145 e. The summed E-state index contributed by atoms with van der Waals surface area (Å²) in [6, 6.07) is 20.3. The highest BCUT2D eigenvalue weighted by molar-refractivity contribution is 5.53. The Hall–Kier alpha value is -3.24. The zero-order valence-electron chi connectivity index (χ0n) is 10.6. The number of para-hydroxylation sites is 1. The SMILES string of the molecule is N#CC(C#N)=CNc1cccc(Oc2ccccc2)c1. The number of anilines is 1. The van der Waals surface area contributed by atoms with Crippen molar-refractivity contribution < 1.29 is 4.74 Å². The summed E-state index contributed by atoms with van der Waals surface area (Å²) in [5.74, 6) is 1.42. The molecule has 0 spiro atoms. The maximum atomic E-state index is 8.65. The topological polar surface area (TPSA) is 68.8 Å². The molecule has 0 bridgehead atoms. The molecule has 0 aliphatic heterocycles. The molecule has 0 amide bonds. The van der Waals surface area contributed by atoms with E-state index in [9.17, 15) is 0 Å². The van der Waals surface area contributed by atoms with Crippen LogP contribution < -0.4 is 10.1 Å². The lowest BCUT2D eigenvalue weighted by Crippen LogP contribution is -1.91. The van der Waals surface area contributed by atoms with Crippen molar-refractivity contribution in [3.8, 4) is 23.6 Å². The van der Waals surface area contributed by atoms with Gasteiger partial charge >= 0.3 is 0 Å². The van der Waals surface area contributed by atoms with Gasteiger partial charge in [-0.05, 0) is 24.3 Å². The Bertz CT molecular complexity index is 678. The van der Waals surface area contributed by atoms with Crippen LogP contribution in [-0.2, 0) is 0 Å². The molecule has 2 aromatic carbocycles. The van der Waals surface area contributed by atoms with E-state index in [0.29, 0.717) is 5.75 Å². The molecule has 96 valence electrons. The third kappa shape index (κ3) is 3.63. The van der Waals surface area contributed by atoms with Crippen LogP contribution in [0.1, 0.15) is 0 Å². The zero-order chi connectivity index (χ0) is 14.2. The Morgan fingerprint density at radius 2 is 1.65 bits per heavy atom. The number of allylic oxidation sites excluding steroid dienone is 1. The normalized spacial score (nSPS) is 8.90. The second-order valence-corrected chi connectivity index (χ2v) is 3.87. The van der Waals surface area contributed by atoms with E-state index in [1.807, 2.05) is 48.5 Å². The monoisotopic (exact) mass is 261 g/mol. The Morgan fingerprint density at radius 3 is 2.35 bits per heavy atom. The highest BCUT2D eigenvalue weighted by Crippen LogP contribution is 2.23. The van der Waals surface area contributed by atoms with E-state index in [0.717, 1.165) is 11.4 Å². The van der Waals surface area contributed by atoms with Gasteiger partial charge in [0.05, 0.1) is 0 Å². The van der Waals surface area contributed by atoms with Crippen molar-refractivity contribution in [1.29, 1.82) is 10.5 Å². The minimum Gasteiger partial charge on any atom is -0.457 e. The molecule has 0 heterocycles. The summed E-state index contributed by atoms with van der Waals surface area (Å²) in [7, 11) is 0. The molecule has 0 radical (unpaired) electrons. The summed E-state index contributed by atoms with van der Waals surface area (Å²) in [6.07, 6.45) is 1.36. The first-order valence-electron chi connectivity index (χ1n) is 5.91. The van der Waals surface area contributed by atoms with Crippen molar-refractivity contribution in [3.63, 3.8) is 0 Å². The van der Waals surface area contributed by atoms with Gasteiger partial charge in [-0.1, -0.05) is 24.3 Å². The van der Waals surface area contributed by atoms with E-state index in [1.165, 1.54) is 6.20 Å². The zero-order valence-corrected chi connectivity index (χ0v) is 10.6. The van der Waals surface area contributed by atoms with Crippen LogP contribution in [0.3, 0.4) is 0 Å². The first-order valence-corrected chi connectivity index (χ1v) is 5.91. The first kappa shape index (κ1) is 13.2. The quantitative estimate of drug-likeness (QED) is 0.849. The van der Waals surface area contributed by atoms with Gasteiger partial charge < -0.3 is 10.1 Å². The fourth-order valence-corrected chi connectivity index (χ4v) is 1.52. The molecular formula is C16H11N3O. The van der Waals surface area contributed by atoms with Gasteiger partial charge in [0.15, 0.2) is 0 Å². The van der Waals surface area contributed by atoms with Crippen LogP contribution >= 0.6 is 0 Å². The summed E-state index contributed by atoms with van der Waals surface area (Å²) >= 11 is 0. The highest BCUT2D eigenvalue weighted by atomic mass is 16.5. The number of nitriles is 2. The Morgan fingerprint density at radius 1 is 0.950 bits per heavy atom. The summed E-state index contributed by atoms with van der Waals surface area (Å²) in [6.45, 7) is 0. The lowest BCUT2D eigenvalue weighted by Gasteiger charge is -2.07. The lowest BCUT2D eigenvalue weighted by atomic mass is 10.3. The van der Waals surface area contributed by atoms with Gasteiger partial charge in [0, 0.05) is 18.0 Å². The van der Waals surface area contributed by atoms with Crippen molar-refractivity contribution in [2.75, 3.05) is 5.32 Å². The van der Waals surface area contributed by atoms with Crippen LogP contribution in [0.5, 0.6) is 11.5 Å². The third-order valence-corrected chi connectivity index (χ3v) is 2.44. The maximum Gasteiger partial charge on any atom is 0.145 e.